The lowest BCUT2D eigenvalue weighted by Gasteiger charge is -2.31. The summed E-state index contributed by atoms with van der Waals surface area (Å²) in [6, 6.07) is 31.4. The highest BCUT2D eigenvalue weighted by atomic mass is 35.5. The number of hydrogen-bond donors (Lipinski definition) is 4. The number of halogens is 1. The summed E-state index contributed by atoms with van der Waals surface area (Å²) < 4.78 is 11.9. The van der Waals surface area contributed by atoms with Crippen LogP contribution in [0.4, 0.5) is 21.2 Å². The molecule has 67 heavy (non-hydrogen) atoms. The Morgan fingerprint density at radius 2 is 1.42 bits per heavy atom. The van der Waals surface area contributed by atoms with Gasteiger partial charge in [0.15, 0.2) is 22.5 Å². The molecule has 4 aromatic carbocycles. The fraction of sp³-hybridized carbons (Fsp3) is 0.385. The van der Waals surface area contributed by atoms with Gasteiger partial charge in [0.25, 0.3) is 11.8 Å². The Kier molecular flexibility index (Phi) is 17.2. The summed E-state index contributed by atoms with van der Waals surface area (Å²) in [5, 5.41) is 5.74. The van der Waals surface area contributed by atoms with Gasteiger partial charge in [-0.25, -0.2) is 19.6 Å². The van der Waals surface area contributed by atoms with Crippen LogP contribution in [-0.4, -0.2) is 88.7 Å². The average molecular weight is 932 g/mol. The van der Waals surface area contributed by atoms with Crippen molar-refractivity contribution in [3.05, 3.63) is 141 Å². The zero-order valence-electron chi connectivity index (χ0n) is 39.1. The Bertz CT molecular complexity index is 2470. The van der Waals surface area contributed by atoms with E-state index in [4.69, 9.17) is 32.5 Å². The molecule has 0 unspecified atom stereocenters. The number of nitrogens with zero attached hydrogens (tertiary/aromatic N) is 4. The van der Waals surface area contributed by atoms with Crippen molar-refractivity contribution in [1.82, 2.24) is 30.4 Å². The Hall–Kier alpha value is -6.67. The van der Waals surface area contributed by atoms with Gasteiger partial charge in [0.05, 0.1) is 0 Å². The van der Waals surface area contributed by atoms with Crippen molar-refractivity contribution in [2.75, 3.05) is 50.8 Å². The summed E-state index contributed by atoms with van der Waals surface area (Å²) in [5.74, 6) is -1.47. The van der Waals surface area contributed by atoms with Crippen molar-refractivity contribution in [2.45, 2.75) is 84.8 Å². The Morgan fingerprint density at radius 1 is 0.761 bits per heavy atom. The number of hydrogen-bond acceptors (Lipinski definition) is 10. The molecular weight excluding hydrogens is 868 g/mol. The molecule has 1 aromatic heterocycles. The number of ether oxygens (including phenoxy) is 2. The molecule has 15 heteroatoms. The first-order valence-electron chi connectivity index (χ1n) is 23.0. The molecule has 0 spiro atoms. The molecule has 0 saturated carbocycles. The minimum absolute atomic E-state index is 0.0534. The van der Waals surface area contributed by atoms with Crippen LogP contribution >= 0.6 is 11.6 Å². The van der Waals surface area contributed by atoms with Crippen LogP contribution in [0.2, 0.25) is 5.15 Å². The van der Waals surface area contributed by atoms with Gasteiger partial charge in [-0.15, -0.1) is 0 Å². The molecule has 0 saturated heterocycles. The molecular formula is C52H63ClN8O6. The summed E-state index contributed by atoms with van der Waals surface area (Å²) in [6.07, 6.45) is 3.54. The van der Waals surface area contributed by atoms with E-state index in [1.165, 1.54) is 0 Å². The van der Waals surface area contributed by atoms with E-state index in [1.54, 1.807) is 54.8 Å². The summed E-state index contributed by atoms with van der Waals surface area (Å²) >= 11 is 6.06. The van der Waals surface area contributed by atoms with Gasteiger partial charge in [-0.05, 0) is 97.5 Å². The lowest BCUT2D eigenvalue weighted by Crippen LogP contribution is -2.42. The first-order chi connectivity index (χ1) is 32.1. The monoisotopic (exact) mass is 930 g/mol. The highest BCUT2D eigenvalue weighted by Gasteiger charge is 2.30. The lowest BCUT2D eigenvalue weighted by atomic mass is 9.95. The number of aromatic nitrogens is 2. The van der Waals surface area contributed by atoms with Crippen molar-refractivity contribution in [1.29, 1.82) is 0 Å². The molecule has 1 heterocycles. The Labute approximate surface area is 398 Å². The third kappa shape index (κ3) is 13.7. The molecule has 0 bridgehead atoms. The summed E-state index contributed by atoms with van der Waals surface area (Å²) in [7, 11) is 0. The molecule has 1 aliphatic rings. The van der Waals surface area contributed by atoms with Crippen LogP contribution in [0, 0.1) is 12.8 Å². The van der Waals surface area contributed by atoms with Gasteiger partial charge in [0.2, 0.25) is 0 Å². The summed E-state index contributed by atoms with van der Waals surface area (Å²) in [6.45, 7) is 11.3. The molecule has 6 N–H and O–H groups in total. The number of amides is 4. The maximum Gasteiger partial charge on any atom is 0.410 e. The van der Waals surface area contributed by atoms with Crippen molar-refractivity contribution in [2.24, 2.45) is 5.92 Å². The molecule has 0 fully saturated rings. The minimum Gasteiger partial charge on any atom is -0.448 e. The topological polar surface area (TPSA) is 195 Å². The van der Waals surface area contributed by atoms with Gasteiger partial charge >= 0.3 is 12.2 Å². The number of aryl methyl sites for hydroxylation is 1. The van der Waals surface area contributed by atoms with E-state index < -0.39 is 23.7 Å². The first kappa shape index (κ1) is 49.8. The third-order valence-corrected chi connectivity index (χ3v) is 12.0. The number of carbonyl (C=O) groups is 4. The quantitative estimate of drug-likeness (QED) is 0.0547. The second-order valence-electron chi connectivity index (χ2n) is 18.0. The smallest absolute Gasteiger partial charge is 0.410 e. The number of fused-ring (bicyclic) bond motifs is 3. The van der Waals surface area contributed by atoms with E-state index in [1.807, 2.05) is 55.5 Å². The van der Waals surface area contributed by atoms with Crippen molar-refractivity contribution < 1.29 is 28.7 Å². The largest absolute Gasteiger partial charge is 0.448 e. The van der Waals surface area contributed by atoms with Crippen LogP contribution in [0.5, 0.6) is 0 Å². The SMILES string of the molecule is CCCCCCN(CCNC(=O)c1ccc(CN(C[C@@H](CNC(=O)c2nc(Cl)c(N)nc2N)Cc2ccccc2C)C(=O)OC(C)(C)C)cc1)C(=O)OCC1c2ccccc2-c2ccccc21. The van der Waals surface area contributed by atoms with Crippen LogP contribution in [-0.2, 0) is 22.4 Å². The second kappa shape index (κ2) is 23.2. The molecule has 14 nitrogen and oxygen atoms in total. The van der Waals surface area contributed by atoms with Crippen LogP contribution in [0.15, 0.2) is 97.1 Å². The van der Waals surface area contributed by atoms with Gasteiger partial charge < -0.3 is 41.4 Å². The molecule has 5 aromatic rings. The van der Waals surface area contributed by atoms with E-state index >= 15 is 0 Å². The zero-order valence-corrected chi connectivity index (χ0v) is 39.9. The molecule has 0 aliphatic heterocycles. The van der Waals surface area contributed by atoms with Gasteiger partial charge in [0.1, 0.15) is 12.2 Å². The number of unbranched alkanes of at least 4 members (excludes halogenated alkanes) is 3. The van der Waals surface area contributed by atoms with E-state index in [9.17, 15) is 19.2 Å². The molecule has 1 atom stereocenters. The number of anilines is 2. The van der Waals surface area contributed by atoms with Crippen molar-refractivity contribution >= 4 is 47.2 Å². The number of nitrogens with two attached hydrogens (primary N) is 2. The molecule has 4 amide bonds. The van der Waals surface area contributed by atoms with Crippen LogP contribution in [0.1, 0.15) is 108 Å². The number of rotatable bonds is 20. The predicted octanol–water partition coefficient (Wildman–Crippen LogP) is 9.19. The first-order valence-corrected chi connectivity index (χ1v) is 23.4. The minimum atomic E-state index is -0.780. The molecule has 0 radical (unpaired) electrons. The van der Waals surface area contributed by atoms with E-state index in [0.717, 1.165) is 64.6 Å². The highest BCUT2D eigenvalue weighted by Crippen LogP contribution is 2.44. The van der Waals surface area contributed by atoms with E-state index in [2.05, 4.69) is 51.8 Å². The second-order valence-corrected chi connectivity index (χ2v) is 18.4. The van der Waals surface area contributed by atoms with E-state index in [-0.39, 0.29) is 79.6 Å². The van der Waals surface area contributed by atoms with Crippen LogP contribution < -0.4 is 22.1 Å². The number of benzene rings is 4. The highest BCUT2D eigenvalue weighted by molar-refractivity contribution is 6.31. The van der Waals surface area contributed by atoms with Crippen LogP contribution in [0.3, 0.4) is 0 Å². The van der Waals surface area contributed by atoms with Crippen LogP contribution in [0.25, 0.3) is 11.1 Å². The lowest BCUT2D eigenvalue weighted by molar-refractivity contribution is 0.0202. The number of nitrogens with one attached hydrogen (secondary N) is 2. The fourth-order valence-corrected chi connectivity index (χ4v) is 8.35. The van der Waals surface area contributed by atoms with Gasteiger partial charge in [-0.1, -0.05) is 123 Å². The molecule has 6 rings (SSSR count). The van der Waals surface area contributed by atoms with Crippen molar-refractivity contribution in [3.63, 3.8) is 0 Å². The van der Waals surface area contributed by atoms with Gasteiger partial charge in [-0.3, -0.25) is 9.59 Å². The van der Waals surface area contributed by atoms with Gasteiger partial charge in [-0.2, -0.15) is 0 Å². The maximum absolute atomic E-state index is 13.8. The molecule has 354 valence electrons. The zero-order chi connectivity index (χ0) is 48.1. The summed E-state index contributed by atoms with van der Waals surface area (Å²) in [4.78, 5) is 65.5. The Morgan fingerprint density at radius 3 is 2.07 bits per heavy atom. The predicted molar refractivity (Wildman–Crippen MR) is 263 cm³/mol. The van der Waals surface area contributed by atoms with E-state index in [0.29, 0.717) is 18.5 Å². The number of carbonyl (C=O) groups excluding carboxylic acids is 4. The molecule has 1 aliphatic carbocycles. The number of nitrogen functional groups attached to an aromatic ring is 2. The normalized spacial score (nSPS) is 12.4. The Balaban J connectivity index is 1.10. The summed E-state index contributed by atoms with van der Waals surface area (Å²) in [5.41, 5.74) is 18.7. The third-order valence-electron chi connectivity index (χ3n) is 11.7. The fourth-order valence-electron chi connectivity index (χ4n) is 8.22. The average Bonchev–Trinajstić information content (AvgIpc) is 3.62. The maximum atomic E-state index is 13.8. The standard InChI is InChI=1S/C52H63ClN8O6/c1-6-7-8-15-27-60(50(64)66-33-43-41-20-13-11-18-39(41)40-19-12-14-21-42(40)43)28-26-56-48(62)37-24-22-35(23-25-37)31-61(51(65)67-52(3,4)5)32-36(29-38-17-10-9-16-34(38)2)30-57-49(63)44-46(54)59-47(55)45(53)58-44/h9-14,16-25,36,43H,6-8,15,26-33H2,1-5H3,(H,56,62)(H,57,63)(H4,54,55,59)/t36-/m1/s1. The van der Waals surface area contributed by atoms with Crippen molar-refractivity contribution in [3.8, 4) is 11.1 Å². The van der Waals surface area contributed by atoms with Gasteiger partial charge in [0, 0.05) is 50.7 Å².